The second kappa shape index (κ2) is 12.4. The number of nitrogens with zero attached hydrogens (tertiary/aromatic N) is 1. The molecule has 178 valence electrons. The Labute approximate surface area is 201 Å². The molecule has 3 rings (SSSR count). The van der Waals surface area contributed by atoms with Gasteiger partial charge in [0.2, 0.25) is 0 Å². The molecule has 0 saturated heterocycles. The summed E-state index contributed by atoms with van der Waals surface area (Å²) in [4.78, 5) is 36.0. The highest BCUT2D eigenvalue weighted by atomic mass is 19.1. The maximum atomic E-state index is 12.9. The SMILES string of the molecule is COc1cc(C=NNC(=O)CNC(=O)c2ccc(F)cc2)ccc1OC(=O)C=Cc1ccccc1. The molecule has 2 amide bonds. The lowest BCUT2D eigenvalue weighted by atomic mass is 10.2. The highest BCUT2D eigenvalue weighted by Gasteiger charge is 2.10. The second-order valence-corrected chi connectivity index (χ2v) is 7.06. The van der Waals surface area contributed by atoms with E-state index in [9.17, 15) is 18.8 Å². The van der Waals surface area contributed by atoms with E-state index in [1.165, 1.54) is 31.5 Å². The van der Waals surface area contributed by atoms with Crippen molar-refractivity contribution in [1.82, 2.24) is 10.7 Å². The first kappa shape index (κ1) is 24.8. The number of ether oxygens (including phenoxy) is 2. The lowest BCUT2D eigenvalue weighted by Crippen LogP contribution is -2.34. The van der Waals surface area contributed by atoms with Crippen LogP contribution in [-0.4, -0.2) is 37.7 Å². The molecular formula is C26H22FN3O5. The fraction of sp³-hybridized carbons (Fsp3) is 0.0769. The molecule has 0 spiro atoms. The van der Waals surface area contributed by atoms with Gasteiger partial charge in [0.15, 0.2) is 11.5 Å². The molecule has 0 saturated carbocycles. The first-order valence-electron chi connectivity index (χ1n) is 10.4. The van der Waals surface area contributed by atoms with Crippen molar-refractivity contribution in [2.45, 2.75) is 0 Å². The van der Waals surface area contributed by atoms with Crippen molar-refractivity contribution < 1.29 is 28.2 Å². The van der Waals surface area contributed by atoms with Gasteiger partial charge in [0.25, 0.3) is 11.8 Å². The average molecular weight is 475 g/mol. The van der Waals surface area contributed by atoms with Gasteiger partial charge in [-0.3, -0.25) is 9.59 Å². The normalized spacial score (nSPS) is 10.8. The van der Waals surface area contributed by atoms with E-state index in [2.05, 4.69) is 15.8 Å². The van der Waals surface area contributed by atoms with E-state index in [-0.39, 0.29) is 17.9 Å². The van der Waals surface area contributed by atoms with Gasteiger partial charge in [-0.2, -0.15) is 5.10 Å². The van der Waals surface area contributed by atoms with Crippen molar-refractivity contribution in [2.24, 2.45) is 5.10 Å². The van der Waals surface area contributed by atoms with E-state index in [1.807, 2.05) is 30.3 Å². The number of carbonyl (C=O) groups excluding carboxylic acids is 3. The molecule has 0 aliphatic rings. The van der Waals surface area contributed by atoms with E-state index >= 15 is 0 Å². The van der Waals surface area contributed by atoms with Crippen LogP contribution >= 0.6 is 0 Å². The van der Waals surface area contributed by atoms with Crippen molar-refractivity contribution >= 4 is 30.1 Å². The zero-order valence-corrected chi connectivity index (χ0v) is 18.7. The summed E-state index contributed by atoms with van der Waals surface area (Å²) in [6, 6.07) is 19.0. The van der Waals surface area contributed by atoms with E-state index < -0.39 is 23.6 Å². The molecule has 0 fully saturated rings. The van der Waals surface area contributed by atoms with E-state index in [1.54, 1.807) is 24.3 Å². The Morgan fingerprint density at radius 2 is 1.69 bits per heavy atom. The van der Waals surface area contributed by atoms with Gasteiger partial charge in [-0.25, -0.2) is 14.6 Å². The van der Waals surface area contributed by atoms with E-state index in [0.717, 1.165) is 17.7 Å². The minimum absolute atomic E-state index is 0.222. The molecule has 3 aromatic carbocycles. The Morgan fingerprint density at radius 1 is 0.943 bits per heavy atom. The predicted octanol–water partition coefficient (Wildman–Crippen LogP) is 3.33. The number of carbonyl (C=O) groups is 3. The minimum atomic E-state index is -0.566. The van der Waals surface area contributed by atoms with Crippen LogP contribution in [0.25, 0.3) is 6.08 Å². The minimum Gasteiger partial charge on any atom is -0.493 e. The third-order valence-electron chi connectivity index (χ3n) is 4.53. The Bertz CT molecular complexity index is 1240. The van der Waals surface area contributed by atoms with Crippen molar-refractivity contribution in [2.75, 3.05) is 13.7 Å². The molecule has 9 heteroatoms. The molecule has 0 aliphatic heterocycles. The van der Waals surface area contributed by atoms with Gasteiger partial charge in [-0.1, -0.05) is 30.3 Å². The van der Waals surface area contributed by atoms with Crippen LogP contribution in [0.2, 0.25) is 0 Å². The summed E-state index contributed by atoms with van der Waals surface area (Å²) >= 11 is 0. The fourth-order valence-corrected chi connectivity index (χ4v) is 2.80. The van der Waals surface area contributed by atoms with Crippen molar-refractivity contribution in [3.63, 3.8) is 0 Å². The van der Waals surface area contributed by atoms with Gasteiger partial charge >= 0.3 is 5.97 Å². The standard InChI is InChI=1S/C26H22FN3O5/c1-34-23-15-19(7-13-22(23)35-25(32)14-8-18-5-3-2-4-6-18)16-29-30-24(31)17-28-26(33)20-9-11-21(27)12-10-20/h2-16H,17H2,1H3,(H,28,33)(H,30,31). The van der Waals surface area contributed by atoms with Gasteiger partial charge in [-0.15, -0.1) is 0 Å². The monoisotopic (exact) mass is 475 g/mol. The third kappa shape index (κ3) is 7.93. The topological polar surface area (TPSA) is 106 Å². The number of hydrazone groups is 1. The summed E-state index contributed by atoms with van der Waals surface area (Å²) in [5.41, 5.74) is 3.94. The molecule has 8 nitrogen and oxygen atoms in total. The number of hydrogen-bond donors (Lipinski definition) is 2. The zero-order chi connectivity index (χ0) is 25.0. The first-order chi connectivity index (χ1) is 16.9. The molecule has 0 aliphatic carbocycles. The van der Waals surface area contributed by atoms with Crippen LogP contribution in [0.1, 0.15) is 21.5 Å². The molecule has 0 unspecified atom stereocenters. The maximum Gasteiger partial charge on any atom is 0.336 e. The van der Waals surface area contributed by atoms with Crippen molar-refractivity contribution in [1.29, 1.82) is 0 Å². The lowest BCUT2D eigenvalue weighted by molar-refractivity contribution is -0.129. The Morgan fingerprint density at radius 3 is 2.40 bits per heavy atom. The Kier molecular flexibility index (Phi) is 8.84. The fourth-order valence-electron chi connectivity index (χ4n) is 2.80. The lowest BCUT2D eigenvalue weighted by Gasteiger charge is -2.08. The number of benzene rings is 3. The zero-order valence-electron chi connectivity index (χ0n) is 18.7. The summed E-state index contributed by atoms with van der Waals surface area (Å²) < 4.78 is 23.5. The van der Waals surface area contributed by atoms with Crippen LogP contribution in [0.15, 0.2) is 84.0 Å². The maximum absolute atomic E-state index is 12.9. The number of halogens is 1. The number of rotatable bonds is 9. The summed E-state index contributed by atoms with van der Waals surface area (Å²) in [5.74, 6) is -1.58. The number of amides is 2. The van der Waals surface area contributed by atoms with Crippen LogP contribution in [0.3, 0.4) is 0 Å². The summed E-state index contributed by atoms with van der Waals surface area (Å²) in [6.07, 6.45) is 4.32. The number of esters is 1. The quantitative estimate of drug-likeness (QED) is 0.162. The smallest absolute Gasteiger partial charge is 0.336 e. The van der Waals surface area contributed by atoms with Gasteiger partial charge in [0, 0.05) is 11.6 Å². The van der Waals surface area contributed by atoms with Crippen LogP contribution in [-0.2, 0) is 9.59 Å². The van der Waals surface area contributed by atoms with E-state index in [4.69, 9.17) is 9.47 Å². The Balaban J connectivity index is 1.50. The van der Waals surface area contributed by atoms with Crippen LogP contribution < -0.4 is 20.2 Å². The molecule has 0 atom stereocenters. The summed E-state index contributed by atoms with van der Waals surface area (Å²) in [6.45, 7) is -0.317. The predicted molar refractivity (Wildman–Crippen MR) is 129 cm³/mol. The molecule has 0 aromatic heterocycles. The molecule has 0 bridgehead atoms. The molecule has 0 radical (unpaired) electrons. The van der Waals surface area contributed by atoms with Gasteiger partial charge in [-0.05, 0) is 59.7 Å². The molecule has 2 N–H and O–H groups in total. The Hall–Kier alpha value is -4.79. The summed E-state index contributed by atoms with van der Waals surface area (Å²) in [7, 11) is 1.43. The number of methoxy groups -OCH3 is 1. The highest BCUT2D eigenvalue weighted by molar-refractivity contribution is 5.96. The van der Waals surface area contributed by atoms with Crippen LogP contribution in [0.4, 0.5) is 4.39 Å². The molecule has 3 aromatic rings. The van der Waals surface area contributed by atoms with E-state index in [0.29, 0.717) is 11.3 Å². The van der Waals surface area contributed by atoms with Gasteiger partial charge < -0.3 is 14.8 Å². The van der Waals surface area contributed by atoms with Crippen LogP contribution in [0, 0.1) is 5.82 Å². The number of nitrogens with one attached hydrogen (secondary N) is 2. The van der Waals surface area contributed by atoms with Gasteiger partial charge in [0.05, 0.1) is 19.9 Å². The molecular weight excluding hydrogens is 453 g/mol. The van der Waals surface area contributed by atoms with Crippen molar-refractivity contribution in [3.05, 3.63) is 101 Å². The molecule has 0 heterocycles. The van der Waals surface area contributed by atoms with Crippen LogP contribution in [0.5, 0.6) is 11.5 Å². The summed E-state index contributed by atoms with van der Waals surface area (Å²) in [5, 5.41) is 6.24. The average Bonchev–Trinajstić information content (AvgIpc) is 2.88. The number of hydrogen-bond acceptors (Lipinski definition) is 6. The van der Waals surface area contributed by atoms with Crippen molar-refractivity contribution in [3.8, 4) is 11.5 Å². The first-order valence-corrected chi connectivity index (χ1v) is 10.4. The largest absolute Gasteiger partial charge is 0.493 e. The highest BCUT2D eigenvalue weighted by Crippen LogP contribution is 2.27. The van der Waals surface area contributed by atoms with Gasteiger partial charge in [0.1, 0.15) is 5.82 Å². The second-order valence-electron chi connectivity index (χ2n) is 7.06. The third-order valence-corrected chi connectivity index (χ3v) is 4.53. The molecule has 35 heavy (non-hydrogen) atoms.